The van der Waals surface area contributed by atoms with Gasteiger partial charge in [0.2, 0.25) is 6.08 Å². The molecule has 0 aliphatic rings. The van der Waals surface area contributed by atoms with Crippen molar-refractivity contribution in [2.75, 3.05) is 0 Å². The predicted octanol–water partition coefficient (Wildman–Crippen LogP) is 2.16. The van der Waals surface area contributed by atoms with Gasteiger partial charge in [0.05, 0.1) is 6.07 Å². The Kier molecular flexibility index (Phi) is 12.8. The van der Waals surface area contributed by atoms with Gasteiger partial charge >= 0.3 is 0 Å². The molecule has 0 fully saturated rings. The molecule has 0 saturated heterocycles. The maximum atomic E-state index is 8.35. The summed E-state index contributed by atoms with van der Waals surface area (Å²) in [6, 6.07) is 2.01. The number of unbranched alkanes of at least 4 members (excludes halogenated alkanes) is 1. The zero-order valence-corrected chi connectivity index (χ0v) is 6.68. The van der Waals surface area contributed by atoms with Gasteiger partial charge in [0.1, 0.15) is 0 Å². The summed E-state index contributed by atoms with van der Waals surface area (Å²) in [4.78, 5) is 8.35. The molecule has 1 N–H and O–H groups in total. The molecule has 11 heavy (non-hydrogen) atoms. The Balaban J connectivity index is 0. The molecule has 0 heterocycles. The predicted molar refractivity (Wildman–Crippen MR) is 42.7 cm³/mol. The average Bonchev–Trinajstić information content (AvgIpc) is 2.02. The monoisotopic (exact) mass is 152 g/mol. The molecular weight excluding hydrogens is 140 g/mol. The number of carbonyl (C=O) groups excluding carboxylic acids is 1. The van der Waals surface area contributed by atoms with Gasteiger partial charge in [-0.1, -0.05) is 19.9 Å². The molecule has 0 radical (unpaired) electrons. The van der Waals surface area contributed by atoms with Crippen LogP contribution in [0.15, 0.2) is 12.2 Å². The Hall–Kier alpha value is -1.39. The van der Waals surface area contributed by atoms with Crippen molar-refractivity contribution < 1.29 is 4.79 Å². The highest BCUT2D eigenvalue weighted by Gasteiger charge is 1.86. The van der Waals surface area contributed by atoms with Gasteiger partial charge in [-0.25, -0.2) is 10.2 Å². The molecule has 0 atom stereocenters. The summed E-state index contributed by atoms with van der Waals surface area (Å²) >= 11 is 0. The summed E-state index contributed by atoms with van der Waals surface area (Å²) in [6.07, 6.45) is 3.85. The van der Waals surface area contributed by atoms with Crippen LogP contribution in [-0.2, 0) is 4.79 Å². The molecule has 0 aliphatic carbocycles. The first kappa shape index (κ1) is 12.3. The van der Waals surface area contributed by atoms with Crippen LogP contribution in [0.5, 0.6) is 0 Å². The summed E-state index contributed by atoms with van der Waals surface area (Å²) in [5, 5.41) is 13.6. The number of hydrogen-bond donors (Lipinski definition) is 1. The van der Waals surface area contributed by atoms with Crippen molar-refractivity contribution in [1.29, 1.82) is 10.7 Å². The van der Waals surface area contributed by atoms with Gasteiger partial charge in [0.25, 0.3) is 0 Å². The standard InChI is InChI=1S/C7H11N.CHNO/c1-3-4-5-7(2)6-8;2-1-3/h2-5H2,1H3;2H. The minimum atomic E-state index is 0.701. The van der Waals surface area contributed by atoms with Crippen molar-refractivity contribution in [1.82, 2.24) is 0 Å². The van der Waals surface area contributed by atoms with Gasteiger partial charge in [-0.15, -0.1) is 0 Å². The van der Waals surface area contributed by atoms with Gasteiger partial charge in [-0.05, 0) is 12.8 Å². The molecule has 0 aromatic heterocycles. The second kappa shape index (κ2) is 11.4. The van der Waals surface area contributed by atoms with Crippen LogP contribution in [-0.4, -0.2) is 6.08 Å². The average molecular weight is 152 g/mol. The van der Waals surface area contributed by atoms with E-state index < -0.39 is 0 Å². The fourth-order valence-corrected chi connectivity index (χ4v) is 0.446. The molecule has 60 valence electrons. The first-order chi connectivity index (χ1) is 5.22. The fourth-order valence-electron chi connectivity index (χ4n) is 0.446. The van der Waals surface area contributed by atoms with Crippen LogP contribution in [0.3, 0.4) is 0 Å². The van der Waals surface area contributed by atoms with Crippen LogP contribution in [0.25, 0.3) is 0 Å². The summed E-state index contributed by atoms with van der Waals surface area (Å²) in [5.41, 5.74) is 0.701. The number of nitrogens with one attached hydrogen (secondary N) is 1. The normalized spacial score (nSPS) is 6.55. The van der Waals surface area contributed by atoms with Crippen molar-refractivity contribution in [3.05, 3.63) is 12.2 Å². The first-order valence-electron chi connectivity index (χ1n) is 3.34. The maximum Gasteiger partial charge on any atom is 0.231 e. The lowest BCUT2D eigenvalue weighted by atomic mass is 10.1. The van der Waals surface area contributed by atoms with Crippen molar-refractivity contribution in [3.63, 3.8) is 0 Å². The van der Waals surface area contributed by atoms with Crippen LogP contribution in [0.4, 0.5) is 0 Å². The number of nitrogens with zero attached hydrogens (tertiary/aromatic N) is 1. The molecule has 0 saturated carbocycles. The van der Waals surface area contributed by atoms with Crippen molar-refractivity contribution in [2.24, 2.45) is 0 Å². The van der Waals surface area contributed by atoms with E-state index in [1.165, 1.54) is 0 Å². The number of rotatable bonds is 3. The van der Waals surface area contributed by atoms with E-state index in [1.54, 1.807) is 0 Å². The number of isocyanates is 1. The Morgan fingerprint density at radius 1 is 1.73 bits per heavy atom. The van der Waals surface area contributed by atoms with Crippen LogP contribution < -0.4 is 0 Å². The summed E-state index contributed by atoms with van der Waals surface area (Å²) in [6.45, 7) is 5.65. The Labute approximate surface area is 66.8 Å². The minimum Gasteiger partial charge on any atom is -0.222 e. The van der Waals surface area contributed by atoms with E-state index >= 15 is 0 Å². The van der Waals surface area contributed by atoms with E-state index in [2.05, 4.69) is 13.5 Å². The first-order valence-corrected chi connectivity index (χ1v) is 3.34. The smallest absolute Gasteiger partial charge is 0.222 e. The number of hydrogen-bond acceptors (Lipinski definition) is 3. The van der Waals surface area contributed by atoms with E-state index in [9.17, 15) is 0 Å². The Bertz CT molecular complexity index is 173. The SMILES string of the molecule is C=C(C#N)CCCC.N=C=O. The lowest BCUT2D eigenvalue weighted by Gasteiger charge is -1.89. The molecule has 3 nitrogen and oxygen atoms in total. The Morgan fingerprint density at radius 2 is 2.18 bits per heavy atom. The van der Waals surface area contributed by atoms with Crippen LogP contribution in [0, 0.1) is 16.7 Å². The largest absolute Gasteiger partial charge is 0.231 e. The number of allylic oxidation sites excluding steroid dienone is 1. The zero-order valence-electron chi connectivity index (χ0n) is 6.68. The van der Waals surface area contributed by atoms with Gasteiger partial charge in [-0.2, -0.15) is 5.26 Å². The van der Waals surface area contributed by atoms with Crippen molar-refractivity contribution in [2.45, 2.75) is 26.2 Å². The van der Waals surface area contributed by atoms with E-state index in [0.717, 1.165) is 25.3 Å². The lowest BCUT2D eigenvalue weighted by Crippen LogP contribution is -1.74. The van der Waals surface area contributed by atoms with Gasteiger partial charge < -0.3 is 0 Å². The topological polar surface area (TPSA) is 64.7 Å². The molecule has 0 unspecified atom stereocenters. The van der Waals surface area contributed by atoms with E-state index in [0.29, 0.717) is 5.57 Å². The zero-order chi connectivity index (χ0) is 9.11. The summed E-state index contributed by atoms with van der Waals surface area (Å²) < 4.78 is 0. The van der Waals surface area contributed by atoms with Crippen LogP contribution >= 0.6 is 0 Å². The van der Waals surface area contributed by atoms with Crippen LogP contribution in [0.2, 0.25) is 0 Å². The minimum absolute atomic E-state index is 0.701. The van der Waals surface area contributed by atoms with E-state index in [-0.39, 0.29) is 0 Å². The van der Waals surface area contributed by atoms with Gasteiger partial charge in [0, 0.05) is 5.57 Å². The molecule has 0 bridgehead atoms. The van der Waals surface area contributed by atoms with Crippen molar-refractivity contribution >= 4 is 6.08 Å². The number of nitriles is 1. The molecule has 0 amide bonds. The third-order valence-electron chi connectivity index (χ3n) is 0.990. The molecule has 0 aromatic rings. The van der Waals surface area contributed by atoms with Crippen LogP contribution in [0.1, 0.15) is 26.2 Å². The molecule has 0 rings (SSSR count). The highest BCUT2D eigenvalue weighted by atomic mass is 16.1. The summed E-state index contributed by atoms with van der Waals surface area (Å²) in [7, 11) is 0. The fraction of sp³-hybridized carbons (Fsp3) is 0.500. The molecule has 0 spiro atoms. The van der Waals surface area contributed by atoms with Crippen molar-refractivity contribution in [3.8, 4) is 6.07 Å². The highest BCUT2D eigenvalue weighted by Crippen LogP contribution is 2.01. The van der Waals surface area contributed by atoms with Gasteiger partial charge in [0.15, 0.2) is 0 Å². The second-order valence-electron chi connectivity index (χ2n) is 1.92. The highest BCUT2D eigenvalue weighted by molar-refractivity contribution is 5.26. The lowest BCUT2D eigenvalue weighted by molar-refractivity contribution is 0.563. The van der Waals surface area contributed by atoms with E-state index in [4.69, 9.17) is 15.5 Å². The molecular formula is C8H12N2O. The molecule has 0 aliphatic heterocycles. The quantitative estimate of drug-likeness (QED) is 0.382. The second-order valence-corrected chi connectivity index (χ2v) is 1.92. The molecule has 3 heteroatoms. The third-order valence-corrected chi connectivity index (χ3v) is 0.990. The summed E-state index contributed by atoms with van der Waals surface area (Å²) in [5.74, 6) is 0. The molecule has 0 aromatic carbocycles. The third kappa shape index (κ3) is 17.7. The maximum absolute atomic E-state index is 8.35. The van der Waals surface area contributed by atoms with Gasteiger partial charge in [-0.3, -0.25) is 0 Å². The Morgan fingerprint density at radius 3 is 2.45 bits per heavy atom. The van der Waals surface area contributed by atoms with E-state index in [1.807, 2.05) is 6.07 Å².